The lowest BCUT2D eigenvalue weighted by molar-refractivity contribution is -0.140. The van der Waals surface area contributed by atoms with Gasteiger partial charge in [0.1, 0.15) is 0 Å². The third kappa shape index (κ3) is 4.82. The van der Waals surface area contributed by atoms with Crippen molar-refractivity contribution in [2.24, 2.45) is 5.92 Å². The van der Waals surface area contributed by atoms with Gasteiger partial charge in [0.2, 0.25) is 5.91 Å². The smallest absolute Gasteiger partial charge is 0.305 e. The van der Waals surface area contributed by atoms with Gasteiger partial charge in [0.25, 0.3) is 0 Å². The van der Waals surface area contributed by atoms with Crippen molar-refractivity contribution in [3.63, 3.8) is 0 Å². The first-order valence-corrected chi connectivity index (χ1v) is 9.29. The number of rotatable bonds is 6. The second kappa shape index (κ2) is 8.48. The number of carboxylic acids is 1. The fourth-order valence-electron chi connectivity index (χ4n) is 4.04. The second-order valence-corrected chi connectivity index (χ2v) is 7.16. The molecule has 1 heterocycles. The first kappa shape index (κ1) is 17.9. The Kier molecular flexibility index (Phi) is 6.08. The molecule has 3 rings (SSSR count). The lowest BCUT2D eigenvalue weighted by atomic mass is 9.82. The average Bonchev–Trinajstić information content (AvgIpc) is 2.62. The highest BCUT2D eigenvalue weighted by atomic mass is 16.5. The molecule has 1 amide bonds. The first-order chi connectivity index (χ1) is 12.1. The molecule has 5 nitrogen and oxygen atoms in total. The average molecular weight is 345 g/mol. The zero-order valence-electron chi connectivity index (χ0n) is 14.7. The molecule has 1 aromatic rings. The van der Waals surface area contributed by atoms with Crippen LogP contribution in [0.25, 0.3) is 0 Å². The Morgan fingerprint density at radius 1 is 1.12 bits per heavy atom. The van der Waals surface area contributed by atoms with Crippen molar-refractivity contribution in [1.82, 2.24) is 4.90 Å². The lowest BCUT2D eigenvalue weighted by Crippen LogP contribution is -2.45. The van der Waals surface area contributed by atoms with Gasteiger partial charge in [0, 0.05) is 32.2 Å². The Labute approximate surface area is 149 Å². The number of amides is 1. The maximum atomic E-state index is 12.9. The third-order valence-electron chi connectivity index (χ3n) is 5.43. The fourth-order valence-corrected chi connectivity index (χ4v) is 4.04. The summed E-state index contributed by atoms with van der Waals surface area (Å²) in [6.07, 6.45) is 5.14. The minimum absolute atomic E-state index is 0.0105. The highest BCUT2D eigenvalue weighted by Gasteiger charge is 2.29. The quantitative estimate of drug-likeness (QED) is 0.861. The normalized spacial score (nSPS) is 20.7. The molecule has 1 N–H and O–H groups in total. The van der Waals surface area contributed by atoms with E-state index in [1.54, 1.807) is 0 Å². The molecule has 0 radical (unpaired) electrons. The van der Waals surface area contributed by atoms with Crippen molar-refractivity contribution < 1.29 is 19.4 Å². The standard InChI is InChI=1S/C20H27NO4/c22-19(14-15-5-6-16-3-1-2-4-17(16)13-15)21(10-7-20(23)24)18-8-11-25-12-9-18/h1-4,15,18H,5-14H2,(H,23,24)/t15-/m1/s1. The van der Waals surface area contributed by atoms with Crippen LogP contribution in [0.2, 0.25) is 0 Å². The highest BCUT2D eigenvalue weighted by molar-refractivity contribution is 5.77. The topological polar surface area (TPSA) is 66.8 Å². The molecule has 1 aliphatic heterocycles. The predicted molar refractivity (Wildman–Crippen MR) is 94.4 cm³/mol. The minimum Gasteiger partial charge on any atom is -0.481 e. The fraction of sp³-hybridized carbons (Fsp3) is 0.600. The molecule has 0 bridgehead atoms. The van der Waals surface area contributed by atoms with Crippen LogP contribution in [0.3, 0.4) is 0 Å². The van der Waals surface area contributed by atoms with E-state index in [-0.39, 0.29) is 18.4 Å². The van der Waals surface area contributed by atoms with Crippen molar-refractivity contribution in [3.05, 3.63) is 35.4 Å². The molecule has 1 fully saturated rings. The minimum atomic E-state index is -0.851. The van der Waals surface area contributed by atoms with Crippen LogP contribution < -0.4 is 0 Å². The van der Waals surface area contributed by atoms with E-state index in [2.05, 4.69) is 24.3 Å². The van der Waals surface area contributed by atoms with Crippen LogP contribution in [-0.4, -0.2) is 47.7 Å². The van der Waals surface area contributed by atoms with Gasteiger partial charge in [-0.3, -0.25) is 9.59 Å². The van der Waals surface area contributed by atoms with Crippen molar-refractivity contribution in [2.45, 2.75) is 51.0 Å². The summed E-state index contributed by atoms with van der Waals surface area (Å²) >= 11 is 0. The van der Waals surface area contributed by atoms with E-state index >= 15 is 0 Å². The van der Waals surface area contributed by atoms with E-state index in [1.807, 2.05) is 4.90 Å². The van der Waals surface area contributed by atoms with Gasteiger partial charge in [-0.2, -0.15) is 0 Å². The molecule has 1 saturated heterocycles. The first-order valence-electron chi connectivity index (χ1n) is 9.29. The summed E-state index contributed by atoms with van der Waals surface area (Å²) < 4.78 is 5.39. The van der Waals surface area contributed by atoms with Gasteiger partial charge in [-0.05, 0) is 49.1 Å². The summed E-state index contributed by atoms with van der Waals surface area (Å²) in [7, 11) is 0. The maximum Gasteiger partial charge on any atom is 0.305 e. The van der Waals surface area contributed by atoms with Crippen LogP contribution in [0.15, 0.2) is 24.3 Å². The van der Waals surface area contributed by atoms with Crippen molar-refractivity contribution in [3.8, 4) is 0 Å². The van der Waals surface area contributed by atoms with Gasteiger partial charge in [0.05, 0.1) is 6.42 Å². The predicted octanol–water partition coefficient (Wildman–Crippen LogP) is 2.66. The largest absolute Gasteiger partial charge is 0.481 e. The number of aliphatic carboxylic acids is 1. The molecular weight excluding hydrogens is 318 g/mol. The molecule has 1 aromatic carbocycles. The Morgan fingerprint density at radius 2 is 1.84 bits per heavy atom. The van der Waals surface area contributed by atoms with Crippen LogP contribution >= 0.6 is 0 Å². The number of benzene rings is 1. The van der Waals surface area contributed by atoms with Gasteiger partial charge in [-0.25, -0.2) is 0 Å². The van der Waals surface area contributed by atoms with Crippen LogP contribution in [0.1, 0.15) is 43.2 Å². The molecule has 0 saturated carbocycles. The Bertz CT molecular complexity index is 609. The van der Waals surface area contributed by atoms with Crippen molar-refractivity contribution in [2.75, 3.05) is 19.8 Å². The summed E-state index contributed by atoms with van der Waals surface area (Å²) in [5.41, 5.74) is 2.76. The molecular formula is C20H27NO4. The second-order valence-electron chi connectivity index (χ2n) is 7.16. The zero-order chi connectivity index (χ0) is 17.6. The maximum absolute atomic E-state index is 12.9. The van der Waals surface area contributed by atoms with Gasteiger partial charge >= 0.3 is 5.97 Å². The number of ether oxygens (including phenoxy) is 1. The van der Waals surface area contributed by atoms with E-state index in [9.17, 15) is 9.59 Å². The van der Waals surface area contributed by atoms with E-state index in [0.29, 0.717) is 32.1 Å². The number of aryl methyl sites for hydroxylation is 1. The van der Waals surface area contributed by atoms with Gasteiger partial charge in [-0.1, -0.05) is 24.3 Å². The molecule has 5 heteroatoms. The molecule has 2 aliphatic rings. The van der Waals surface area contributed by atoms with Crippen LogP contribution in [-0.2, 0) is 27.2 Å². The zero-order valence-corrected chi connectivity index (χ0v) is 14.7. The van der Waals surface area contributed by atoms with Gasteiger partial charge in [0.15, 0.2) is 0 Å². The van der Waals surface area contributed by atoms with Crippen molar-refractivity contribution >= 4 is 11.9 Å². The SMILES string of the molecule is O=C(O)CCN(C(=O)C[C@@H]1CCc2ccccc2C1)C1CCOCC1. The van der Waals surface area contributed by atoms with Crippen LogP contribution in [0.4, 0.5) is 0 Å². The van der Waals surface area contributed by atoms with E-state index < -0.39 is 5.97 Å². The number of carbonyl (C=O) groups excluding carboxylic acids is 1. The number of fused-ring (bicyclic) bond motifs is 1. The number of hydrogen-bond donors (Lipinski definition) is 1. The Hall–Kier alpha value is -1.88. The van der Waals surface area contributed by atoms with Crippen LogP contribution in [0, 0.1) is 5.92 Å². The van der Waals surface area contributed by atoms with E-state index in [0.717, 1.165) is 32.1 Å². The number of carboxylic acid groups (broad SMARTS) is 1. The summed E-state index contributed by atoms with van der Waals surface area (Å²) in [5, 5.41) is 9.01. The van der Waals surface area contributed by atoms with Gasteiger partial charge < -0.3 is 14.7 Å². The van der Waals surface area contributed by atoms with Crippen LogP contribution in [0.5, 0.6) is 0 Å². The third-order valence-corrected chi connectivity index (χ3v) is 5.43. The summed E-state index contributed by atoms with van der Waals surface area (Å²) in [4.78, 5) is 25.7. The molecule has 0 unspecified atom stereocenters. The molecule has 1 atom stereocenters. The number of hydrogen-bond acceptors (Lipinski definition) is 3. The summed E-state index contributed by atoms with van der Waals surface area (Å²) in [6, 6.07) is 8.59. The summed E-state index contributed by atoms with van der Waals surface area (Å²) in [5.74, 6) is -0.386. The Balaban J connectivity index is 1.62. The number of nitrogens with zero attached hydrogens (tertiary/aromatic N) is 1. The highest BCUT2D eigenvalue weighted by Crippen LogP contribution is 2.28. The van der Waals surface area contributed by atoms with Gasteiger partial charge in [-0.15, -0.1) is 0 Å². The molecule has 25 heavy (non-hydrogen) atoms. The van der Waals surface area contributed by atoms with E-state index in [1.165, 1.54) is 11.1 Å². The monoisotopic (exact) mass is 345 g/mol. The molecule has 0 aromatic heterocycles. The molecule has 136 valence electrons. The summed E-state index contributed by atoms with van der Waals surface area (Å²) in [6.45, 7) is 1.61. The lowest BCUT2D eigenvalue weighted by Gasteiger charge is -2.35. The van der Waals surface area contributed by atoms with E-state index in [4.69, 9.17) is 9.84 Å². The molecule has 0 spiro atoms. The number of carbonyl (C=O) groups is 2. The van der Waals surface area contributed by atoms with Crippen molar-refractivity contribution in [1.29, 1.82) is 0 Å². The Morgan fingerprint density at radius 3 is 2.56 bits per heavy atom. The molecule has 1 aliphatic carbocycles.